The predicted molar refractivity (Wildman–Crippen MR) is 80.9 cm³/mol. The van der Waals surface area contributed by atoms with Crippen molar-refractivity contribution in [1.29, 1.82) is 0 Å². The van der Waals surface area contributed by atoms with Crippen LogP contribution < -0.4 is 4.74 Å². The number of benzene rings is 1. The van der Waals surface area contributed by atoms with Gasteiger partial charge in [-0.1, -0.05) is 13.8 Å². The van der Waals surface area contributed by atoms with Crippen LogP contribution in [-0.4, -0.2) is 36.7 Å². The number of hydrogen-bond acceptors (Lipinski definition) is 2. The van der Waals surface area contributed by atoms with Gasteiger partial charge in [0.15, 0.2) is 0 Å². The van der Waals surface area contributed by atoms with Crippen LogP contribution in [0.15, 0.2) is 24.4 Å². The molecule has 1 aliphatic carbocycles. The van der Waals surface area contributed by atoms with Crippen molar-refractivity contribution in [3.8, 4) is 5.75 Å². The lowest BCUT2D eigenvalue weighted by Gasteiger charge is -2.12. The summed E-state index contributed by atoms with van der Waals surface area (Å²) < 4.78 is 20.9. The second-order valence-corrected chi connectivity index (χ2v) is 5.10. The number of likely N-dealkylation sites (N-methyl/N-ethyl adjacent to an activating group) is 1. The van der Waals surface area contributed by atoms with Crippen molar-refractivity contribution in [3.05, 3.63) is 30.2 Å². The van der Waals surface area contributed by atoms with E-state index < -0.39 is 0 Å². The average molecular weight is 278 g/mol. The lowest BCUT2D eigenvalue weighted by atomic mass is 10.2. The van der Waals surface area contributed by atoms with Gasteiger partial charge in [0.2, 0.25) is 0 Å². The summed E-state index contributed by atoms with van der Waals surface area (Å²) in [6.07, 6.45) is 3.16. The number of halogens is 1. The van der Waals surface area contributed by atoms with E-state index in [0.717, 1.165) is 17.3 Å². The highest BCUT2D eigenvalue weighted by molar-refractivity contribution is 5.86. The van der Waals surface area contributed by atoms with Crippen LogP contribution in [0, 0.1) is 5.82 Å². The zero-order valence-corrected chi connectivity index (χ0v) is 12.9. The summed E-state index contributed by atoms with van der Waals surface area (Å²) in [5.74, 6) is 0.358. The van der Waals surface area contributed by atoms with Gasteiger partial charge in [0.1, 0.15) is 11.6 Å². The van der Waals surface area contributed by atoms with E-state index in [1.54, 1.807) is 13.2 Å². The Bertz CT molecular complexity index is 591. The Morgan fingerprint density at radius 2 is 2.00 bits per heavy atom. The molecular formula is C16H23FN2O. The third-order valence-electron chi connectivity index (χ3n) is 3.71. The smallest absolute Gasteiger partial charge is 0.146 e. The summed E-state index contributed by atoms with van der Waals surface area (Å²) in [5.41, 5.74) is 0.994. The zero-order valence-electron chi connectivity index (χ0n) is 12.9. The maximum absolute atomic E-state index is 13.4. The lowest BCUT2D eigenvalue weighted by molar-refractivity contribution is 0.375. The number of nitrogens with zero attached hydrogens (tertiary/aromatic N) is 2. The molecule has 0 N–H and O–H groups in total. The highest BCUT2D eigenvalue weighted by atomic mass is 19.1. The molecule has 1 heterocycles. The van der Waals surface area contributed by atoms with Gasteiger partial charge < -0.3 is 14.2 Å². The van der Waals surface area contributed by atoms with Crippen LogP contribution >= 0.6 is 0 Å². The molecule has 2 aromatic rings. The molecule has 0 saturated heterocycles. The molecule has 1 aliphatic rings. The molecule has 20 heavy (non-hydrogen) atoms. The van der Waals surface area contributed by atoms with Gasteiger partial charge in [-0.3, -0.25) is 0 Å². The second-order valence-electron chi connectivity index (χ2n) is 5.10. The third-order valence-corrected chi connectivity index (χ3v) is 3.71. The molecule has 3 rings (SSSR count). The molecule has 1 aromatic carbocycles. The maximum atomic E-state index is 13.4. The first-order valence-corrected chi connectivity index (χ1v) is 7.12. The molecule has 3 nitrogen and oxygen atoms in total. The first-order valence-electron chi connectivity index (χ1n) is 7.12. The van der Waals surface area contributed by atoms with Crippen molar-refractivity contribution < 1.29 is 9.13 Å². The van der Waals surface area contributed by atoms with Gasteiger partial charge in [0.25, 0.3) is 0 Å². The SMILES string of the molecule is CC.COc1cc(F)cc2ccn(C3CC3N(C)C)c12. The van der Waals surface area contributed by atoms with Crippen molar-refractivity contribution in [1.82, 2.24) is 9.47 Å². The van der Waals surface area contributed by atoms with Gasteiger partial charge in [-0.25, -0.2) is 4.39 Å². The van der Waals surface area contributed by atoms with Crippen molar-refractivity contribution in [3.63, 3.8) is 0 Å². The maximum Gasteiger partial charge on any atom is 0.146 e. The monoisotopic (exact) mass is 278 g/mol. The van der Waals surface area contributed by atoms with Crippen LogP contribution in [0.1, 0.15) is 26.3 Å². The van der Waals surface area contributed by atoms with E-state index in [9.17, 15) is 4.39 Å². The topological polar surface area (TPSA) is 17.4 Å². The van der Waals surface area contributed by atoms with Gasteiger partial charge in [0, 0.05) is 23.7 Å². The fraction of sp³-hybridized carbons (Fsp3) is 0.500. The fourth-order valence-electron chi connectivity index (χ4n) is 2.69. The van der Waals surface area contributed by atoms with E-state index in [2.05, 4.69) is 23.6 Å². The molecular weight excluding hydrogens is 255 g/mol. The summed E-state index contributed by atoms with van der Waals surface area (Å²) >= 11 is 0. The number of aromatic nitrogens is 1. The normalized spacial score (nSPS) is 20.8. The molecule has 1 fully saturated rings. The van der Waals surface area contributed by atoms with E-state index in [0.29, 0.717) is 17.8 Å². The van der Waals surface area contributed by atoms with Crippen molar-refractivity contribution >= 4 is 10.9 Å². The van der Waals surface area contributed by atoms with Gasteiger partial charge in [-0.2, -0.15) is 0 Å². The number of fused-ring (bicyclic) bond motifs is 1. The molecule has 0 bridgehead atoms. The minimum absolute atomic E-state index is 0.253. The predicted octanol–water partition coefficient (Wildman–Crippen LogP) is 3.69. The highest BCUT2D eigenvalue weighted by Gasteiger charge is 2.41. The minimum Gasteiger partial charge on any atom is -0.494 e. The Morgan fingerprint density at radius 3 is 2.55 bits per heavy atom. The van der Waals surface area contributed by atoms with Gasteiger partial charge >= 0.3 is 0 Å². The molecule has 110 valence electrons. The third kappa shape index (κ3) is 2.52. The fourth-order valence-corrected chi connectivity index (χ4v) is 2.69. The lowest BCUT2D eigenvalue weighted by Crippen LogP contribution is -2.17. The quantitative estimate of drug-likeness (QED) is 0.852. The Morgan fingerprint density at radius 1 is 1.30 bits per heavy atom. The first kappa shape index (κ1) is 14.9. The largest absolute Gasteiger partial charge is 0.494 e. The van der Waals surface area contributed by atoms with Crippen LogP contribution in [0.3, 0.4) is 0 Å². The van der Waals surface area contributed by atoms with E-state index in [1.165, 1.54) is 6.07 Å². The Hall–Kier alpha value is -1.55. The number of ether oxygens (including phenoxy) is 1. The molecule has 0 spiro atoms. The van der Waals surface area contributed by atoms with Gasteiger partial charge in [-0.05, 0) is 32.6 Å². The van der Waals surface area contributed by atoms with E-state index >= 15 is 0 Å². The summed E-state index contributed by atoms with van der Waals surface area (Å²) in [6.45, 7) is 4.00. The van der Waals surface area contributed by atoms with Gasteiger partial charge in [0.05, 0.1) is 18.7 Å². The Labute approximate surface area is 119 Å². The molecule has 0 aliphatic heterocycles. The molecule has 2 unspecified atom stereocenters. The molecule has 1 saturated carbocycles. The Kier molecular flexibility index (Phi) is 4.33. The zero-order chi connectivity index (χ0) is 14.9. The minimum atomic E-state index is -0.253. The summed E-state index contributed by atoms with van der Waals surface area (Å²) in [4.78, 5) is 2.23. The van der Waals surface area contributed by atoms with Crippen LogP contribution in [-0.2, 0) is 0 Å². The first-order chi connectivity index (χ1) is 9.61. The van der Waals surface area contributed by atoms with Crippen LogP contribution in [0.5, 0.6) is 5.75 Å². The van der Waals surface area contributed by atoms with Crippen LogP contribution in [0.4, 0.5) is 4.39 Å². The highest BCUT2D eigenvalue weighted by Crippen LogP contribution is 2.43. The number of methoxy groups -OCH3 is 1. The second kappa shape index (κ2) is 5.83. The number of hydrogen-bond donors (Lipinski definition) is 0. The van der Waals surface area contributed by atoms with Crippen molar-refractivity contribution in [2.45, 2.75) is 32.4 Å². The average Bonchev–Trinajstić information content (AvgIpc) is 3.14. The van der Waals surface area contributed by atoms with E-state index in [1.807, 2.05) is 26.1 Å². The summed E-state index contributed by atoms with van der Waals surface area (Å²) in [6, 6.07) is 5.99. The molecule has 4 heteroatoms. The molecule has 1 aromatic heterocycles. The van der Waals surface area contributed by atoms with Crippen molar-refractivity contribution in [2.24, 2.45) is 0 Å². The molecule has 2 atom stereocenters. The van der Waals surface area contributed by atoms with Crippen LogP contribution in [0.25, 0.3) is 10.9 Å². The molecule has 0 radical (unpaired) electrons. The van der Waals surface area contributed by atoms with E-state index in [-0.39, 0.29) is 5.82 Å². The van der Waals surface area contributed by atoms with Crippen molar-refractivity contribution in [2.75, 3.05) is 21.2 Å². The van der Waals surface area contributed by atoms with Gasteiger partial charge in [-0.15, -0.1) is 0 Å². The summed E-state index contributed by atoms with van der Waals surface area (Å²) in [7, 11) is 5.77. The van der Waals surface area contributed by atoms with Crippen LogP contribution in [0.2, 0.25) is 0 Å². The molecule has 0 amide bonds. The Balaban J connectivity index is 0.000000704. The summed E-state index contributed by atoms with van der Waals surface area (Å²) in [5, 5.41) is 0.899. The standard InChI is InChI=1S/C14H17FN2O.C2H6/c1-16(2)11-8-12(11)17-5-4-9-6-10(15)7-13(18-3)14(9)17;1-2/h4-7,11-12H,8H2,1-3H3;1-2H3. The van der Waals surface area contributed by atoms with E-state index in [4.69, 9.17) is 4.74 Å². The number of rotatable bonds is 3.